The summed E-state index contributed by atoms with van der Waals surface area (Å²) in [5.74, 6) is 0. The monoisotopic (exact) mass is 163 g/mol. The summed E-state index contributed by atoms with van der Waals surface area (Å²) in [5, 5.41) is 0. The predicted octanol–water partition coefficient (Wildman–Crippen LogP) is 1.88. The van der Waals surface area contributed by atoms with Crippen LogP contribution in [0, 0.1) is 0 Å². The molecule has 0 radical (unpaired) electrons. The van der Waals surface area contributed by atoms with Crippen LogP contribution in [0.25, 0.3) is 0 Å². The van der Waals surface area contributed by atoms with Crippen molar-refractivity contribution in [1.29, 1.82) is 0 Å². The molecule has 1 aromatic rings. The highest BCUT2D eigenvalue weighted by atomic mass is 16.1. The summed E-state index contributed by atoms with van der Waals surface area (Å²) in [6.07, 6.45) is 4.41. The molecule has 12 heavy (non-hydrogen) atoms. The molecule has 0 aliphatic carbocycles. The zero-order valence-electron chi connectivity index (χ0n) is 7.42. The molecule has 0 atom stereocenters. The number of nitrogens with one attached hydrogen (secondary N) is 1. The van der Waals surface area contributed by atoms with Crippen LogP contribution in [-0.4, -0.2) is 4.98 Å². The van der Waals surface area contributed by atoms with Crippen LogP contribution in [0.5, 0.6) is 0 Å². The highest BCUT2D eigenvalue weighted by Crippen LogP contribution is 1.96. The zero-order valence-corrected chi connectivity index (χ0v) is 7.42. The van der Waals surface area contributed by atoms with Crippen molar-refractivity contribution in [2.75, 3.05) is 0 Å². The molecule has 0 fully saturated rings. The lowest BCUT2D eigenvalue weighted by molar-refractivity contribution is 1.11. The molecule has 0 saturated carbocycles. The minimum absolute atomic E-state index is 0.00926. The van der Waals surface area contributed by atoms with Crippen LogP contribution in [0.1, 0.15) is 19.4 Å². The Morgan fingerprint density at radius 2 is 2.33 bits per heavy atom. The highest BCUT2D eigenvalue weighted by molar-refractivity contribution is 5.14. The fraction of sp³-hybridized carbons (Fsp3) is 0.300. The van der Waals surface area contributed by atoms with Crippen molar-refractivity contribution in [2.45, 2.75) is 20.3 Å². The van der Waals surface area contributed by atoms with Crippen LogP contribution in [0.2, 0.25) is 0 Å². The molecule has 0 aliphatic heterocycles. The van der Waals surface area contributed by atoms with Gasteiger partial charge >= 0.3 is 0 Å². The van der Waals surface area contributed by atoms with Crippen LogP contribution in [0.15, 0.2) is 34.8 Å². The van der Waals surface area contributed by atoms with Gasteiger partial charge in [0.15, 0.2) is 0 Å². The molecule has 2 nitrogen and oxygen atoms in total. The maximum atomic E-state index is 11.1. The van der Waals surface area contributed by atoms with E-state index in [0.717, 1.165) is 12.0 Å². The second kappa shape index (κ2) is 3.90. The summed E-state index contributed by atoms with van der Waals surface area (Å²) in [7, 11) is 0. The van der Waals surface area contributed by atoms with Gasteiger partial charge < -0.3 is 4.98 Å². The summed E-state index contributed by atoms with van der Waals surface area (Å²) in [6.45, 7) is 4.05. The summed E-state index contributed by atoms with van der Waals surface area (Å²) in [5.41, 5.74) is 2.06. The normalized spacial score (nSPS) is 9.50. The second-order valence-electron chi connectivity index (χ2n) is 3.01. The van der Waals surface area contributed by atoms with Crippen molar-refractivity contribution in [1.82, 2.24) is 4.98 Å². The number of aromatic amines is 1. The van der Waals surface area contributed by atoms with Gasteiger partial charge in [0.05, 0.1) is 0 Å². The molecule has 0 amide bonds. The number of rotatable bonds is 2. The van der Waals surface area contributed by atoms with Gasteiger partial charge in [0, 0.05) is 11.8 Å². The first kappa shape index (κ1) is 8.78. The average Bonchev–Trinajstić information content (AvgIpc) is 2.03. The number of hydrogen-bond donors (Lipinski definition) is 1. The van der Waals surface area contributed by atoms with Gasteiger partial charge in [0.25, 0.3) is 5.56 Å². The first-order valence-corrected chi connectivity index (χ1v) is 4.00. The van der Waals surface area contributed by atoms with Crippen molar-refractivity contribution in [3.05, 3.63) is 45.9 Å². The Morgan fingerprint density at radius 1 is 1.58 bits per heavy atom. The van der Waals surface area contributed by atoms with Crippen molar-refractivity contribution in [3.63, 3.8) is 0 Å². The van der Waals surface area contributed by atoms with E-state index in [4.69, 9.17) is 0 Å². The smallest absolute Gasteiger partial charge is 0.251 e. The first-order valence-electron chi connectivity index (χ1n) is 4.00. The third-order valence-electron chi connectivity index (χ3n) is 1.63. The zero-order chi connectivity index (χ0) is 8.97. The Morgan fingerprint density at radius 3 is 2.92 bits per heavy atom. The van der Waals surface area contributed by atoms with Crippen molar-refractivity contribution in [2.24, 2.45) is 0 Å². The molecule has 1 N–H and O–H groups in total. The van der Waals surface area contributed by atoms with Crippen molar-refractivity contribution < 1.29 is 0 Å². The maximum absolute atomic E-state index is 11.1. The Balaban J connectivity index is 2.84. The molecule has 1 rings (SSSR count). The summed E-state index contributed by atoms with van der Waals surface area (Å²) in [6, 6.07) is 3.69. The molecule has 0 aromatic carbocycles. The van der Waals surface area contributed by atoms with E-state index in [1.807, 2.05) is 32.1 Å². The molecular formula is C10H13NO. The molecule has 0 saturated heterocycles. The predicted molar refractivity (Wildman–Crippen MR) is 50.2 cm³/mol. The molecule has 0 bridgehead atoms. The van der Waals surface area contributed by atoms with Gasteiger partial charge in [0.2, 0.25) is 0 Å². The average molecular weight is 163 g/mol. The van der Waals surface area contributed by atoms with Gasteiger partial charge in [0.1, 0.15) is 0 Å². The SMILES string of the molecule is CC(C)=CCc1ccc[nH]c1=O. The summed E-state index contributed by atoms with van der Waals surface area (Å²) in [4.78, 5) is 13.8. The van der Waals surface area contributed by atoms with Crippen LogP contribution in [-0.2, 0) is 6.42 Å². The summed E-state index contributed by atoms with van der Waals surface area (Å²) < 4.78 is 0. The topological polar surface area (TPSA) is 32.9 Å². The fourth-order valence-corrected chi connectivity index (χ4v) is 0.931. The number of aromatic nitrogens is 1. The minimum atomic E-state index is 0.00926. The molecule has 0 spiro atoms. The third kappa shape index (κ3) is 2.38. The van der Waals surface area contributed by atoms with E-state index >= 15 is 0 Å². The lowest BCUT2D eigenvalue weighted by Gasteiger charge is -1.94. The lowest BCUT2D eigenvalue weighted by Crippen LogP contribution is -2.09. The van der Waals surface area contributed by atoms with Crippen LogP contribution < -0.4 is 5.56 Å². The Hall–Kier alpha value is -1.31. The van der Waals surface area contributed by atoms with Gasteiger partial charge in [-0.15, -0.1) is 0 Å². The van der Waals surface area contributed by atoms with E-state index in [0.29, 0.717) is 0 Å². The van der Waals surface area contributed by atoms with Crippen LogP contribution in [0.4, 0.5) is 0 Å². The first-order chi connectivity index (χ1) is 5.70. The van der Waals surface area contributed by atoms with Crippen LogP contribution in [0.3, 0.4) is 0 Å². The largest absolute Gasteiger partial charge is 0.329 e. The van der Waals surface area contributed by atoms with Gasteiger partial charge in [-0.3, -0.25) is 4.79 Å². The molecule has 1 heterocycles. The Kier molecular flexibility index (Phi) is 2.86. The van der Waals surface area contributed by atoms with Gasteiger partial charge in [-0.1, -0.05) is 17.7 Å². The van der Waals surface area contributed by atoms with E-state index in [2.05, 4.69) is 4.98 Å². The fourth-order valence-electron chi connectivity index (χ4n) is 0.931. The maximum Gasteiger partial charge on any atom is 0.251 e. The number of allylic oxidation sites excluding steroid dienone is 2. The van der Waals surface area contributed by atoms with Gasteiger partial charge in [-0.25, -0.2) is 0 Å². The number of hydrogen-bond acceptors (Lipinski definition) is 1. The van der Waals surface area contributed by atoms with Crippen molar-refractivity contribution in [3.8, 4) is 0 Å². The number of pyridine rings is 1. The van der Waals surface area contributed by atoms with E-state index in [1.165, 1.54) is 5.57 Å². The standard InChI is InChI=1S/C10H13NO/c1-8(2)5-6-9-4-3-7-11-10(9)12/h3-5,7H,6H2,1-2H3,(H,11,12). The molecule has 64 valence electrons. The van der Waals surface area contributed by atoms with E-state index in [9.17, 15) is 4.79 Å². The number of H-pyrrole nitrogens is 1. The lowest BCUT2D eigenvalue weighted by atomic mass is 10.1. The summed E-state index contributed by atoms with van der Waals surface area (Å²) >= 11 is 0. The molecule has 2 heteroatoms. The molecule has 0 unspecified atom stereocenters. The van der Waals surface area contributed by atoms with E-state index < -0.39 is 0 Å². The van der Waals surface area contributed by atoms with E-state index in [1.54, 1.807) is 6.20 Å². The van der Waals surface area contributed by atoms with Gasteiger partial charge in [-0.05, 0) is 26.3 Å². The Labute approximate surface area is 71.9 Å². The second-order valence-corrected chi connectivity index (χ2v) is 3.01. The third-order valence-corrected chi connectivity index (χ3v) is 1.63. The van der Waals surface area contributed by atoms with Crippen molar-refractivity contribution >= 4 is 0 Å². The molecule has 1 aromatic heterocycles. The molecule has 0 aliphatic rings. The minimum Gasteiger partial charge on any atom is -0.329 e. The van der Waals surface area contributed by atoms with Crippen LogP contribution >= 0.6 is 0 Å². The highest BCUT2D eigenvalue weighted by Gasteiger charge is 1.93. The Bertz CT molecular complexity index is 332. The van der Waals surface area contributed by atoms with E-state index in [-0.39, 0.29) is 5.56 Å². The quantitative estimate of drug-likeness (QED) is 0.663. The molecular weight excluding hydrogens is 150 g/mol. The van der Waals surface area contributed by atoms with Gasteiger partial charge in [-0.2, -0.15) is 0 Å².